The normalized spacial score (nSPS) is 14.7. The van der Waals surface area contributed by atoms with Crippen molar-refractivity contribution in [2.75, 3.05) is 40.0 Å². The van der Waals surface area contributed by atoms with E-state index < -0.39 is 5.97 Å². The zero-order chi connectivity index (χ0) is 19.6. The van der Waals surface area contributed by atoms with Crippen LogP contribution in [0.25, 0.3) is 0 Å². The Morgan fingerprint density at radius 2 is 1.93 bits per heavy atom. The third-order valence-electron chi connectivity index (χ3n) is 4.15. The van der Waals surface area contributed by atoms with Crippen LogP contribution in [0.3, 0.4) is 0 Å². The predicted octanol–water partition coefficient (Wildman–Crippen LogP) is 0.996. The van der Waals surface area contributed by atoms with Gasteiger partial charge in [-0.15, -0.1) is 0 Å². The third-order valence-corrected chi connectivity index (χ3v) is 4.15. The monoisotopic (exact) mass is 378 g/mol. The molecule has 0 radical (unpaired) electrons. The molecule has 8 nitrogen and oxygen atoms in total. The molecule has 0 unspecified atom stereocenters. The molecule has 148 valence electrons. The van der Waals surface area contributed by atoms with Gasteiger partial charge in [0.2, 0.25) is 5.91 Å². The second kappa shape index (κ2) is 10.6. The summed E-state index contributed by atoms with van der Waals surface area (Å²) in [5.41, 5.74) is 0.475. The number of likely N-dealkylation sites (tertiary alicyclic amines) is 1. The molecule has 0 aromatic heterocycles. The largest absolute Gasteiger partial charge is 0.427 e. The van der Waals surface area contributed by atoms with Crippen LogP contribution >= 0.6 is 0 Å². The van der Waals surface area contributed by atoms with E-state index in [9.17, 15) is 14.4 Å². The fourth-order valence-electron chi connectivity index (χ4n) is 2.84. The van der Waals surface area contributed by atoms with E-state index in [1.807, 2.05) is 0 Å². The fraction of sp³-hybridized carbons (Fsp3) is 0.526. The maximum Gasteiger partial charge on any atom is 0.308 e. The summed E-state index contributed by atoms with van der Waals surface area (Å²) in [5.74, 6) is -0.354. The van der Waals surface area contributed by atoms with E-state index in [2.05, 4.69) is 5.32 Å². The minimum atomic E-state index is -0.428. The number of rotatable bonds is 8. The molecule has 1 aromatic rings. The van der Waals surface area contributed by atoms with Crippen molar-refractivity contribution in [2.45, 2.75) is 25.8 Å². The summed E-state index contributed by atoms with van der Waals surface area (Å²) in [7, 11) is 1.57. The molecule has 0 spiro atoms. The highest BCUT2D eigenvalue weighted by molar-refractivity contribution is 5.94. The van der Waals surface area contributed by atoms with Crippen LogP contribution in [0.5, 0.6) is 5.75 Å². The van der Waals surface area contributed by atoms with Gasteiger partial charge in [-0.25, -0.2) is 0 Å². The van der Waals surface area contributed by atoms with Crippen molar-refractivity contribution in [3.05, 3.63) is 29.8 Å². The number of benzene rings is 1. The van der Waals surface area contributed by atoms with Gasteiger partial charge in [-0.1, -0.05) is 6.07 Å². The number of esters is 1. The second-order valence-corrected chi connectivity index (χ2v) is 6.30. The average Bonchev–Trinajstić information content (AvgIpc) is 2.65. The summed E-state index contributed by atoms with van der Waals surface area (Å²) in [6.07, 6.45) is 1.36. The summed E-state index contributed by atoms with van der Waals surface area (Å²) in [5, 5.41) is 2.93. The van der Waals surface area contributed by atoms with Crippen LogP contribution in [0.2, 0.25) is 0 Å². The minimum absolute atomic E-state index is 0.00540. The first-order chi connectivity index (χ1) is 13.0. The minimum Gasteiger partial charge on any atom is -0.427 e. The molecular weight excluding hydrogens is 352 g/mol. The SMILES string of the molecule is COCCOCC(=O)NC1CCN(C(=O)c2cccc(OC(C)=O)c2)CC1. The molecule has 0 saturated carbocycles. The van der Waals surface area contributed by atoms with Crippen molar-refractivity contribution < 1.29 is 28.6 Å². The van der Waals surface area contributed by atoms with Gasteiger partial charge in [0.05, 0.1) is 13.2 Å². The number of carbonyl (C=O) groups is 3. The maximum atomic E-state index is 12.6. The zero-order valence-corrected chi connectivity index (χ0v) is 15.7. The van der Waals surface area contributed by atoms with Gasteiger partial charge in [-0.3, -0.25) is 14.4 Å². The third kappa shape index (κ3) is 6.99. The summed E-state index contributed by atoms with van der Waals surface area (Å²) in [6, 6.07) is 6.60. The predicted molar refractivity (Wildman–Crippen MR) is 97.5 cm³/mol. The van der Waals surface area contributed by atoms with Crippen LogP contribution in [0.1, 0.15) is 30.1 Å². The summed E-state index contributed by atoms with van der Waals surface area (Å²) in [4.78, 5) is 37.3. The molecule has 2 amide bonds. The highest BCUT2D eigenvalue weighted by atomic mass is 16.5. The number of amides is 2. The molecule has 2 rings (SSSR count). The quantitative estimate of drug-likeness (QED) is 0.412. The number of methoxy groups -OCH3 is 1. The lowest BCUT2D eigenvalue weighted by Gasteiger charge is -2.32. The molecule has 0 aliphatic carbocycles. The Bertz CT molecular complexity index is 655. The zero-order valence-electron chi connectivity index (χ0n) is 15.7. The number of ether oxygens (including phenoxy) is 3. The molecule has 1 fully saturated rings. The van der Waals surface area contributed by atoms with Gasteiger partial charge < -0.3 is 24.4 Å². The number of nitrogens with zero attached hydrogens (tertiary/aromatic N) is 1. The van der Waals surface area contributed by atoms with E-state index >= 15 is 0 Å². The Hall–Kier alpha value is -2.45. The van der Waals surface area contributed by atoms with Crippen molar-refractivity contribution in [3.8, 4) is 5.75 Å². The van der Waals surface area contributed by atoms with Crippen LogP contribution in [0.4, 0.5) is 0 Å². The number of hydrogen-bond donors (Lipinski definition) is 1. The first-order valence-electron chi connectivity index (χ1n) is 8.93. The molecule has 1 N–H and O–H groups in total. The summed E-state index contributed by atoms with van der Waals surface area (Å²) >= 11 is 0. The Balaban J connectivity index is 1.78. The van der Waals surface area contributed by atoms with Gasteiger partial charge in [0.15, 0.2) is 0 Å². The standard InChI is InChI=1S/C19H26N2O6/c1-14(22)27-17-5-3-4-15(12-17)19(24)21-8-6-16(7-9-21)20-18(23)13-26-11-10-25-2/h3-5,12,16H,6-11,13H2,1-2H3,(H,20,23). The Morgan fingerprint density at radius 3 is 2.59 bits per heavy atom. The first-order valence-corrected chi connectivity index (χ1v) is 8.93. The molecule has 0 atom stereocenters. The number of piperidine rings is 1. The van der Waals surface area contributed by atoms with Gasteiger partial charge in [0.25, 0.3) is 5.91 Å². The smallest absolute Gasteiger partial charge is 0.308 e. The van der Waals surface area contributed by atoms with Gasteiger partial charge in [-0.2, -0.15) is 0 Å². The molecule has 0 bridgehead atoms. The molecule has 1 aliphatic rings. The van der Waals surface area contributed by atoms with Crippen molar-refractivity contribution in [2.24, 2.45) is 0 Å². The van der Waals surface area contributed by atoms with Crippen LogP contribution in [0, 0.1) is 0 Å². The van der Waals surface area contributed by atoms with E-state index in [0.717, 1.165) is 0 Å². The molecule has 1 heterocycles. The number of hydrogen-bond acceptors (Lipinski definition) is 6. The van der Waals surface area contributed by atoms with Crippen LogP contribution in [0.15, 0.2) is 24.3 Å². The van der Waals surface area contributed by atoms with Crippen LogP contribution in [-0.2, 0) is 19.1 Å². The molecule has 1 aromatic carbocycles. The number of nitrogens with one attached hydrogen (secondary N) is 1. The van der Waals surface area contributed by atoms with Crippen molar-refractivity contribution in [1.82, 2.24) is 10.2 Å². The highest BCUT2D eigenvalue weighted by Crippen LogP contribution is 2.18. The highest BCUT2D eigenvalue weighted by Gasteiger charge is 2.24. The Labute approximate surface area is 158 Å². The summed E-state index contributed by atoms with van der Waals surface area (Å²) in [6.45, 7) is 3.25. The van der Waals surface area contributed by atoms with E-state index in [0.29, 0.717) is 50.5 Å². The average molecular weight is 378 g/mol. The van der Waals surface area contributed by atoms with E-state index in [1.54, 1.807) is 36.3 Å². The molecule has 1 saturated heterocycles. The van der Waals surface area contributed by atoms with Crippen LogP contribution < -0.4 is 10.1 Å². The lowest BCUT2D eigenvalue weighted by atomic mass is 10.0. The van der Waals surface area contributed by atoms with Gasteiger partial charge in [0, 0.05) is 38.7 Å². The molecule has 27 heavy (non-hydrogen) atoms. The van der Waals surface area contributed by atoms with Crippen LogP contribution in [-0.4, -0.2) is 68.7 Å². The molecule has 1 aliphatic heterocycles. The molecule has 8 heteroatoms. The van der Waals surface area contributed by atoms with E-state index in [-0.39, 0.29) is 24.5 Å². The molecular formula is C19H26N2O6. The van der Waals surface area contributed by atoms with Gasteiger partial charge in [0.1, 0.15) is 12.4 Å². The second-order valence-electron chi connectivity index (χ2n) is 6.30. The van der Waals surface area contributed by atoms with Gasteiger partial charge in [-0.05, 0) is 31.0 Å². The number of carbonyl (C=O) groups excluding carboxylic acids is 3. The van der Waals surface area contributed by atoms with Crippen molar-refractivity contribution in [3.63, 3.8) is 0 Å². The lowest BCUT2D eigenvalue weighted by Crippen LogP contribution is -2.47. The summed E-state index contributed by atoms with van der Waals surface area (Å²) < 4.78 is 15.1. The maximum absolute atomic E-state index is 12.6. The van der Waals surface area contributed by atoms with Crippen molar-refractivity contribution >= 4 is 17.8 Å². The Morgan fingerprint density at radius 1 is 1.19 bits per heavy atom. The Kier molecular flexibility index (Phi) is 8.22. The topological polar surface area (TPSA) is 94.2 Å². The van der Waals surface area contributed by atoms with Gasteiger partial charge >= 0.3 is 5.97 Å². The lowest BCUT2D eigenvalue weighted by molar-refractivity contribution is -0.132. The first kappa shape index (κ1) is 20.9. The fourth-order valence-corrected chi connectivity index (χ4v) is 2.84. The van der Waals surface area contributed by atoms with Crippen molar-refractivity contribution in [1.29, 1.82) is 0 Å². The van der Waals surface area contributed by atoms with E-state index in [4.69, 9.17) is 14.2 Å². The van der Waals surface area contributed by atoms with E-state index in [1.165, 1.54) is 6.92 Å².